The van der Waals surface area contributed by atoms with Crippen molar-refractivity contribution in [3.63, 3.8) is 0 Å². The minimum Gasteiger partial charge on any atom is -0.420 e. The van der Waals surface area contributed by atoms with Gasteiger partial charge in [0.1, 0.15) is 16.9 Å². The summed E-state index contributed by atoms with van der Waals surface area (Å²) >= 11 is 3.15. The lowest BCUT2D eigenvalue weighted by Gasteiger charge is -2.11. The van der Waals surface area contributed by atoms with Crippen molar-refractivity contribution in [2.45, 2.75) is 13.2 Å². The van der Waals surface area contributed by atoms with E-state index in [-0.39, 0.29) is 18.1 Å². The third kappa shape index (κ3) is 4.92. The number of rotatable bonds is 5. The second-order valence-electron chi connectivity index (χ2n) is 3.08. The molecule has 17 heavy (non-hydrogen) atoms. The lowest BCUT2D eigenvalue weighted by Crippen LogP contribution is -2.25. The second-order valence-corrected chi connectivity index (χ2v) is 3.90. The Labute approximate surface area is 106 Å². The van der Waals surface area contributed by atoms with Gasteiger partial charge in [-0.25, -0.2) is 9.78 Å². The van der Waals surface area contributed by atoms with Crippen LogP contribution in [0.25, 0.3) is 0 Å². The normalized spacial score (nSPS) is 11.9. The Morgan fingerprint density at radius 2 is 2.24 bits per heavy atom. The van der Waals surface area contributed by atoms with E-state index in [4.69, 9.17) is 10.5 Å². The topological polar surface area (TPSA) is 91.5 Å². The quantitative estimate of drug-likeness (QED) is 0.505. The van der Waals surface area contributed by atoms with Crippen LogP contribution in [0.5, 0.6) is 0 Å². The van der Waals surface area contributed by atoms with Crippen LogP contribution in [-0.4, -0.2) is 29.8 Å². The minimum absolute atomic E-state index is 0.238. The molecule has 0 fully saturated rings. The molecule has 0 bridgehead atoms. The van der Waals surface area contributed by atoms with Crippen molar-refractivity contribution in [2.75, 3.05) is 6.61 Å². The molecular weight excluding hydrogens is 292 g/mol. The van der Waals surface area contributed by atoms with Gasteiger partial charge in [-0.1, -0.05) is 6.07 Å². The van der Waals surface area contributed by atoms with Gasteiger partial charge >= 0.3 is 6.09 Å². The number of Topliss-reactive ketones (excluding diaryl/α,β-unsaturated/α-hetero) is 1. The summed E-state index contributed by atoms with van der Waals surface area (Å²) in [6.45, 7) is 1.23. The van der Waals surface area contributed by atoms with Crippen molar-refractivity contribution in [1.82, 2.24) is 4.98 Å². The highest BCUT2D eigenvalue weighted by Crippen LogP contribution is 2.07. The SMILES string of the molecule is CC(OCC(=O)c1cccc(Br)n1)OC(N)=O. The molecule has 0 aliphatic heterocycles. The van der Waals surface area contributed by atoms with Crippen molar-refractivity contribution < 1.29 is 19.1 Å². The van der Waals surface area contributed by atoms with Gasteiger partial charge < -0.3 is 15.2 Å². The highest BCUT2D eigenvalue weighted by molar-refractivity contribution is 9.10. The Balaban J connectivity index is 2.47. The summed E-state index contributed by atoms with van der Waals surface area (Å²) in [4.78, 5) is 26.0. The van der Waals surface area contributed by atoms with Crippen molar-refractivity contribution in [3.05, 3.63) is 28.5 Å². The van der Waals surface area contributed by atoms with Gasteiger partial charge in [-0.2, -0.15) is 0 Å². The lowest BCUT2D eigenvalue weighted by molar-refractivity contribution is -0.0806. The fraction of sp³-hybridized carbons (Fsp3) is 0.300. The zero-order valence-electron chi connectivity index (χ0n) is 9.05. The van der Waals surface area contributed by atoms with E-state index >= 15 is 0 Å². The Hall–Kier alpha value is -1.47. The molecule has 0 saturated carbocycles. The summed E-state index contributed by atoms with van der Waals surface area (Å²) in [5.74, 6) is -0.314. The van der Waals surface area contributed by atoms with Gasteiger partial charge in [-0.15, -0.1) is 0 Å². The first kappa shape index (κ1) is 13.6. The maximum atomic E-state index is 11.6. The molecule has 0 aliphatic carbocycles. The number of amides is 1. The van der Waals surface area contributed by atoms with Crippen LogP contribution < -0.4 is 5.73 Å². The van der Waals surface area contributed by atoms with Gasteiger partial charge in [0.05, 0.1) is 0 Å². The fourth-order valence-corrected chi connectivity index (χ4v) is 1.37. The van der Waals surface area contributed by atoms with Crippen LogP contribution >= 0.6 is 15.9 Å². The van der Waals surface area contributed by atoms with E-state index in [9.17, 15) is 9.59 Å². The molecule has 1 heterocycles. The molecule has 1 aromatic rings. The molecule has 0 aliphatic rings. The van der Waals surface area contributed by atoms with Crippen molar-refractivity contribution in [2.24, 2.45) is 5.73 Å². The van der Waals surface area contributed by atoms with E-state index in [0.29, 0.717) is 4.60 Å². The first-order valence-electron chi connectivity index (χ1n) is 4.72. The summed E-state index contributed by atoms with van der Waals surface area (Å²) in [5.41, 5.74) is 5.06. The molecule has 6 nitrogen and oxygen atoms in total. The van der Waals surface area contributed by atoms with Gasteiger partial charge in [0, 0.05) is 0 Å². The molecular formula is C10H11BrN2O4. The molecule has 1 aromatic heterocycles. The summed E-state index contributed by atoms with van der Waals surface area (Å²) < 4.78 is 10.0. The average molecular weight is 303 g/mol. The van der Waals surface area contributed by atoms with Crippen LogP contribution in [0.4, 0.5) is 4.79 Å². The number of nitrogens with zero attached hydrogens (tertiary/aromatic N) is 1. The monoisotopic (exact) mass is 302 g/mol. The number of primary amides is 1. The smallest absolute Gasteiger partial charge is 0.406 e. The number of pyridine rings is 1. The number of carbonyl (C=O) groups is 2. The van der Waals surface area contributed by atoms with Gasteiger partial charge in [-0.05, 0) is 35.0 Å². The third-order valence-electron chi connectivity index (χ3n) is 1.73. The standard InChI is InChI=1S/C10H11BrN2O4/c1-6(17-10(12)15)16-5-8(14)7-3-2-4-9(11)13-7/h2-4,6H,5H2,1H3,(H2,12,15). The van der Waals surface area contributed by atoms with Gasteiger partial charge in [0.15, 0.2) is 0 Å². The third-order valence-corrected chi connectivity index (χ3v) is 2.17. The van der Waals surface area contributed by atoms with Crippen LogP contribution in [0.15, 0.2) is 22.8 Å². The predicted molar refractivity (Wildman–Crippen MR) is 62.3 cm³/mol. The number of ether oxygens (including phenoxy) is 2. The number of carbonyl (C=O) groups excluding carboxylic acids is 2. The highest BCUT2D eigenvalue weighted by atomic mass is 79.9. The largest absolute Gasteiger partial charge is 0.420 e. The van der Waals surface area contributed by atoms with Gasteiger partial charge in [0.25, 0.3) is 0 Å². The van der Waals surface area contributed by atoms with Crippen LogP contribution in [0.1, 0.15) is 17.4 Å². The van der Waals surface area contributed by atoms with Crippen molar-refractivity contribution in [3.8, 4) is 0 Å². The van der Waals surface area contributed by atoms with Crippen LogP contribution in [0, 0.1) is 0 Å². The molecule has 1 atom stereocenters. The summed E-state index contributed by atoms with van der Waals surface area (Å²) in [7, 11) is 0. The van der Waals surface area contributed by atoms with E-state index in [2.05, 4.69) is 25.7 Å². The van der Waals surface area contributed by atoms with Crippen LogP contribution in [0.2, 0.25) is 0 Å². The molecule has 1 amide bonds. The number of ketones is 1. The fourth-order valence-electron chi connectivity index (χ4n) is 1.03. The molecule has 1 rings (SSSR count). The Bertz CT molecular complexity index is 425. The number of halogens is 1. The molecule has 0 spiro atoms. The van der Waals surface area contributed by atoms with E-state index < -0.39 is 12.4 Å². The molecule has 2 N–H and O–H groups in total. The zero-order valence-corrected chi connectivity index (χ0v) is 10.6. The lowest BCUT2D eigenvalue weighted by atomic mass is 10.2. The Morgan fingerprint density at radius 3 is 2.82 bits per heavy atom. The molecule has 0 aromatic carbocycles. The maximum Gasteiger partial charge on any atom is 0.406 e. The van der Waals surface area contributed by atoms with E-state index in [1.807, 2.05) is 0 Å². The molecule has 0 radical (unpaired) electrons. The van der Waals surface area contributed by atoms with Crippen LogP contribution in [-0.2, 0) is 9.47 Å². The predicted octanol–water partition coefficient (Wildman–Crippen LogP) is 1.48. The molecule has 92 valence electrons. The zero-order chi connectivity index (χ0) is 12.8. The molecule has 1 unspecified atom stereocenters. The minimum atomic E-state index is -0.953. The molecule has 0 saturated heterocycles. The second kappa shape index (κ2) is 6.31. The van der Waals surface area contributed by atoms with Crippen molar-refractivity contribution >= 4 is 27.8 Å². The van der Waals surface area contributed by atoms with E-state index in [1.165, 1.54) is 6.92 Å². The summed E-state index contributed by atoms with van der Waals surface area (Å²) in [6, 6.07) is 4.96. The van der Waals surface area contributed by atoms with E-state index in [0.717, 1.165) is 0 Å². The van der Waals surface area contributed by atoms with Gasteiger partial charge in [-0.3, -0.25) is 4.79 Å². The number of hydrogen-bond donors (Lipinski definition) is 1. The number of aromatic nitrogens is 1. The Morgan fingerprint density at radius 1 is 1.53 bits per heavy atom. The Kier molecular flexibility index (Phi) is 5.05. The number of hydrogen-bond acceptors (Lipinski definition) is 5. The first-order chi connectivity index (χ1) is 7.99. The molecule has 7 heteroatoms. The first-order valence-corrected chi connectivity index (χ1v) is 5.52. The maximum absolute atomic E-state index is 11.6. The van der Waals surface area contributed by atoms with E-state index in [1.54, 1.807) is 18.2 Å². The summed E-state index contributed by atoms with van der Waals surface area (Å²) in [6.07, 6.45) is -1.82. The van der Waals surface area contributed by atoms with Gasteiger partial charge in [0.2, 0.25) is 12.1 Å². The van der Waals surface area contributed by atoms with Crippen LogP contribution in [0.3, 0.4) is 0 Å². The highest BCUT2D eigenvalue weighted by Gasteiger charge is 2.12. The average Bonchev–Trinajstić information content (AvgIpc) is 2.25. The van der Waals surface area contributed by atoms with Crippen molar-refractivity contribution in [1.29, 1.82) is 0 Å². The number of nitrogens with two attached hydrogens (primary N) is 1. The summed E-state index contributed by atoms with van der Waals surface area (Å²) in [5, 5.41) is 0.